The van der Waals surface area contributed by atoms with Crippen molar-refractivity contribution in [1.29, 1.82) is 0 Å². The molecule has 2 N–H and O–H groups in total. The number of rotatable bonds is 3. The molecule has 3 nitrogen and oxygen atoms in total. The van der Waals surface area contributed by atoms with Gasteiger partial charge in [0.1, 0.15) is 0 Å². The minimum absolute atomic E-state index is 0.390. The third kappa shape index (κ3) is 2.96. The number of hydrogen-bond acceptors (Lipinski definition) is 3. The molecule has 2 fully saturated rings. The summed E-state index contributed by atoms with van der Waals surface area (Å²) in [5, 5.41) is 0. The van der Waals surface area contributed by atoms with Crippen LogP contribution in [0.4, 0.5) is 0 Å². The summed E-state index contributed by atoms with van der Waals surface area (Å²) in [6.07, 6.45) is 4.88. The molecule has 2 aliphatic rings. The second-order valence-corrected chi connectivity index (χ2v) is 5.66. The summed E-state index contributed by atoms with van der Waals surface area (Å²) >= 11 is 0. The normalized spacial score (nSPS) is 41.4. The quantitative estimate of drug-likeness (QED) is 0.792. The lowest BCUT2D eigenvalue weighted by molar-refractivity contribution is -0.0724. The molecule has 4 unspecified atom stereocenters. The fourth-order valence-corrected chi connectivity index (χ4v) is 3.43. The zero-order valence-corrected chi connectivity index (χ0v) is 10.7. The van der Waals surface area contributed by atoms with Gasteiger partial charge in [-0.3, -0.25) is 4.90 Å². The van der Waals surface area contributed by atoms with Gasteiger partial charge in [0.25, 0.3) is 0 Å². The third-order valence-electron chi connectivity index (χ3n) is 4.11. The van der Waals surface area contributed by atoms with Crippen molar-refractivity contribution in [1.82, 2.24) is 4.90 Å². The van der Waals surface area contributed by atoms with Crippen LogP contribution in [-0.4, -0.2) is 43.3 Å². The van der Waals surface area contributed by atoms with E-state index in [1.54, 1.807) is 0 Å². The molecule has 94 valence electrons. The van der Waals surface area contributed by atoms with Crippen molar-refractivity contribution >= 4 is 0 Å². The van der Waals surface area contributed by atoms with Crippen LogP contribution in [-0.2, 0) is 4.74 Å². The molecular formula is C13H26N2O. The van der Waals surface area contributed by atoms with Crippen LogP contribution in [0.2, 0.25) is 0 Å². The lowest BCUT2D eigenvalue weighted by Crippen LogP contribution is -2.47. The molecule has 0 aromatic carbocycles. The fourth-order valence-electron chi connectivity index (χ4n) is 3.43. The van der Waals surface area contributed by atoms with E-state index in [1.165, 1.54) is 25.8 Å². The second-order valence-electron chi connectivity index (χ2n) is 5.66. The molecule has 2 rings (SSSR count). The Morgan fingerprint density at radius 3 is 2.38 bits per heavy atom. The molecular weight excluding hydrogens is 200 g/mol. The Morgan fingerprint density at radius 2 is 1.75 bits per heavy atom. The first-order chi connectivity index (χ1) is 7.69. The maximum Gasteiger partial charge on any atom is 0.0678 e. The minimum Gasteiger partial charge on any atom is -0.373 e. The van der Waals surface area contributed by atoms with Gasteiger partial charge in [-0.1, -0.05) is 6.42 Å². The van der Waals surface area contributed by atoms with Crippen molar-refractivity contribution in [2.24, 2.45) is 17.6 Å². The second kappa shape index (κ2) is 5.48. The number of hydrogen-bond donors (Lipinski definition) is 1. The Morgan fingerprint density at radius 1 is 1.12 bits per heavy atom. The molecule has 0 amide bonds. The summed E-state index contributed by atoms with van der Waals surface area (Å²) < 4.78 is 5.77. The topological polar surface area (TPSA) is 38.5 Å². The molecule has 1 aliphatic heterocycles. The number of ether oxygens (including phenoxy) is 1. The first-order valence-electron chi connectivity index (χ1n) is 6.77. The van der Waals surface area contributed by atoms with Crippen molar-refractivity contribution in [2.45, 2.75) is 45.3 Å². The van der Waals surface area contributed by atoms with Crippen molar-refractivity contribution < 1.29 is 4.74 Å². The lowest BCUT2D eigenvalue weighted by atomic mass is 9.95. The highest BCUT2D eigenvalue weighted by molar-refractivity contribution is 4.83. The van der Waals surface area contributed by atoms with E-state index in [-0.39, 0.29) is 0 Å². The Hall–Kier alpha value is -0.120. The van der Waals surface area contributed by atoms with Crippen LogP contribution >= 0.6 is 0 Å². The molecule has 0 radical (unpaired) electrons. The molecule has 4 atom stereocenters. The van der Waals surface area contributed by atoms with Gasteiger partial charge >= 0.3 is 0 Å². The van der Waals surface area contributed by atoms with Gasteiger partial charge in [-0.05, 0) is 45.1 Å². The van der Waals surface area contributed by atoms with E-state index in [0.717, 1.165) is 31.5 Å². The highest BCUT2D eigenvalue weighted by atomic mass is 16.5. The largest absolute Gasteiger partial charge is 0.373 e. The van der Waals surface area contributed by atoms with Crippen LogP contribution in [0.25, 0.3) is 0 Å². The highest BCUT2D eigenvalue weighted by Crippen LogP contribution is 2.32. The van der Waals surface area contributed by atoms with Gasteiger partial charge < -0.3 is 10.5 Å². The molecule has 1 heterocycles. The van der Waals surface area contributed by atoms with Gasteiger partial charge in [0.2, 0.25) is 0 Å². The molecule has 0 aromatic heterocycles. The maximum absolute atomic E-state index is 5.84. The number of morpholine rings is 1. The van der Waals surface area contributed by atoms with Gasteiger partial charge in [0.05, 0.1) is 12.2 Å². The van der Waals surface area contributed by atoms with Crippen LogP contribution in [0, 0.1) is 11.8 Å². The lowest BCUT2D eigenvalue weighted by Gasteiger charge is -2.37. The molecule has 0 bridgehead atoms. The minimum atomic E-state index is 0.390. The SMILES string of the molecule is CC1CN(CC2CCCC2CN)CC(C)O1. The fraction of sp³-hybridized carbons (Fsp3) is 1.00. The van der Waals surface area contributed by atoms with E-state index < -0.39 is 0 Å². The first-order valence-corrected chi connectivity index (χ1v) is 6.77. The van der Waals surface area contributed by atoms with Crippen molar-refractivity contribution in [3.63, 3.8) is 0 Å². The zero-order chi connectivity index (χ0) is 11.5. The van der Waals surface area contributed by atoms with Crippen LogP contribution in [0.1, 0.15) is 33.1 Å². The molecule has 1 aliphatic carbocycles. The summed E-state index contributed by atoms with van der Waals surface area (Å²) in [7, 11) is 0. The zero-order valence-electron chi connectivity index (χ0n) is 10.7. The van der Waals surface area contributed by atoms with Gasteiger partial charge in [-0.25, -0.2) is 0 Å². The summed E-state index contributed by atoms with van der Waals surface area (Å²) in [5.74, 6) is 1.61. The standard InChI is InChI=1S/C13H26N2O/c1-10-7-15(8-11(2)16-10)9-13-5-3-4-12(13)6-14/h10-13H,3-9,14H2,1-2H3. The average Bonchev–Trinajstić information content (AvgIpc) is 2.63. The van der Waals surface area contributed by atoms with Gasteiger partial charge in [-0.2, -0.15) is 0 Å². The smallest absolute Gasteiger partial charge is 0.0678 e. The van der Waals surface area contributed by atoms with E-state index >= 15 is 0 Å². The van der Waals surface area contributed by atoms with Crippen molar-refractivity contribution in [3.8, 4) is 0 Å². The summed E-state index contributed by atoms with van der Waals surface area (Å²) in [5.41, 5.74) is 5.84. The summed E-state index contributed by atoms with van der Waals surface area (Å²) in [6, 6.07) is 0. The van der Waals surface area contributed by atoms with E-state index in [4.69, 9.17) is 10.5 Å². The Balaban J connectivity index is 1.84. The Labute approximate surface area is 99.3 Å². The summed E-state index contributed by atoms with van der Waals surface area (Å²) in [4.78, 5) is 2.58. The number of nitrogens with zero attached hydrogens (tertiary/aromatic N) is 1. The van der Waals surface area contributed by atoms with E-state index in [2.05, 4.69) is 18.7 Å². The van der Waals surface area contributed by atoms with Crippen LogP contribution in [0.3, 0.4) is 0 Å². The van der Waals surface area contributed by atoms with Gasteiger partial charge in [0, 0.05) is 19.6 Å². The predicted molar refractivity (Wildman–Crippen MR) is 66.3 cm³/mol. The maximum atomic E-state index is 5.84. The molecule has 16 heavy (non-hydrogen) atoms. The molecule has 0 aromatic rings. The van der Waals surface area contributed by atoms with Crippen molar-refractivity contribution in [3.05, 3.63) is 0 Å². The Bertz CT molecular complexity index is 212. The molecule has 1 saturated carbocycles. The highest BCUT2D eigenvalue weighted by Gasteiger charge is 2.30. The third-order valence-corrected chi connectivity index (χ3v) is 4.11. The van der Waals surface area contributed by atoms with Crippen LogP contribution in [0.5, 0.6) is 0 Å². The van der Waals surface area contributed by atoms with Crippen molar-refractivity contribution in [2.75, 3.05) is 26.2 Å². The van der Waals surface area contributed by atoms with Gasteiger partial charge in [0.15, 0.2) is 0 Å². The predicted octanol–water partition coefficient (Wildman–Crippen LogP) is 1.47. The van der Waals surface area contributed by atoms with E-state index in [9.17, 15) is 0 Å². The first kappa shape index (κ1) is 12.3. The van der Waals surface area contributed by atoms with Gasteiger partial charge in [-0.15, -0.1) is 0 Å². The average molecular weight is 226 g/mol. The molecule has 1 saturated heterocycles. The van der Waals surface area contributed by atoms with Crippen LogP contribution in [0.15, 0.2) is 0 Å². The number of nitrogens with two attached hydrogens (primary N) is 1. The molecule has 3 heteroatoms. The monoisotopic (exact) mass is 226 g/mol. The Kier molecular flexibility index (Phi) is 4.22. The van der Waals surface area contributed by atoms with E-state index in [1.807, 2.05) is 0 Å². The van der Waals surface area contributed by atoms with Crippen LogP contribution < -0.4 is 5.73 Å². The van der Waals surface area contributed by atoms with E-state index in [0.29, 0.717) is 12.2 Å². The molecule has 0 spiro atoms. The summed E-state index contributed by atoms with van der Waals surface area (Å²) in [6.45, 7) is 8.66.